The van der Waals surface area contributed by atoms with Crippen LogP contribution in [0.4, 0.5) is 4.79 Å². The molecule has 1 aromatic heterocycles. The minimum Gasteiger partial charge on any atom is -0.497 e. The Kier molecular flexibility index (Phi) is 4.43. The molecule has 1 saturated heterocycles. The van der Waals surface area contributed by atoms with Crippen LogP contribution in [0.15, 0.2) is 28.7 Å². The van der Waals surface area contributed by atoms with Crippen molar-refractivity contribution >= 4 is 11.9 Å². The van der Waals surface area contributed by atoms with E-state index in [4.69, 9.17) is 9.15 Å². The molecule has 1 aromatic carbocycles. The van der Waals surface area contributed by atoms with Gasteiger partial charge in [0.2, 0.25) is 11.8 Å². The van der Waals surface area contributed by atoms with Gasteiger partial charge in [0, 0.05) is 5.56 Å². The van der Waals surface area contributed by atoms with E-state index in [0.29, 0.717) is 18.7 Å². The summed E-state index contributed by atoms with van der Waals surface area (Å²) in [5.74, 6) is 0.990. The van der Waals surface area contributed by atoms with Gasteiger partial charge in [-0.15, -0.1) is 10.2 Å². The fraction of sp³-hybridized carbons (Fsp3) is 0.412. The molecule has 0 saturated carbocycles. The molecule has 2 aromatic rings. The number of benzene rings is 1. The van der Waals surface area contributed by atoms with Crippen LogP contribution in [0, 0.1) is 0 Å². The first-order valence-electron chi connectivity index (χ1n) is 8.14. The van der Waals surface area contributed by atoms with E-state index in [1.165, 1.54) is 0 Å². The number of nitrogens with one attached hydrogen (secondary N) is 1. The zero-order chi connectivity index (χ0) is 18.0. The molecule has 0 radical (unpaired) electrons. The maximum absolute atomic E-state index is 12.6. The maximum atomic E-state index is 12.6. The van der Waals surface area contributed by atoms with Crippen LogP contribution < -0.4 is 10.1 Å². The SMILES string of the molecule is CCC1(CC)NC(=O)N(Cc2nnc(-c3ccc(OC)cc3)o2)C1=O. The van der Waals surface area contributed by atoms with Crippen LogP contribution in [-0.2, 0) is 11.3 Å². The molecule has 3 rings (SSSR count). The highest BCUT2D eigenvalue weighted by molar-refractivity contribution is 6.06. The lowest BCUT2D eigenvalue weighted by atomic mass is 9.93. The van der Waals surface area contributed by atoms with Crippen molar-refractivity contribution < 1.29 is 18.7 Å². The number of carbonyl (C=O) groups is 2. The predicted molar refractivity (Wildman–Crippen MR) is 88.7 cm³/mol. The van der Waals surface area contributed by atoms with E-state index < -0.39 is 11.6 Å². The lowest BCUT2D eigenvalue weighted by Crippen LogP contribution is -2.45. The molecule has 25 heavy (non-hydrogen) atoms. The van der Waals surface area contributed by atoms with Crippen LogP contribution in [0.25, 0.3) is 11.5 Å². The third-order valence-electron chi connectivity index (χ3n) is 4.55. The van der Waals surface area contributed by atoms with Crippen LogP contribution >= 0.6 is 0 Å². The summed E-state index contributed by atoms with van der Waals surface area (Å²) in [5.41, 5.74) is -0.108. The van der Waals surface area contributed by atoms with Crippen LogP contribution in [0.5, 0.6) is 5.75 Å². The quantitative estimate of drug-likeness (QED) is 0.808. The van der Waals surface area contributed by atoms with Crippen molar-refractivity contribution in [3.05, 3.63) is 30.2 Å². The second-order valence-electron chi connectivity index (χ2n) is 5.84. The lowest BCUT2D eigenvalue weighted by Gasteiger charge is -2.22. The average Bonchev–Trinajstić information content (AvgIpc) is 3.20. The van der Waals surface area contributed by atoms with Gasteiger partial charge in [-0.2, -0.15) is 0 Å². The van der Waals surface area contributed by atoms with Crippen molar-refractivity contribution in [1.82, 2.24) is 20.4 Å². The highest BCUT2D eigenvalue weighted by atomic mass is 16.5. The largest absolute Gasteiger partial charge is 0.497 e. The number of hydrogen-bond acceptors (Lipinski definition) is 6. The molecule has 1 aliphatic heterocycles. The average molecular weight is 344 g/mol. The number of aromatic nitrogens is 2. The number of urea groups is 1. The third kappa shape index (κ3) is 2.95. The van der Waals surface area contributed by atoms with Gasteiger partial charge in [-0.25, -0.2) is 4.79 Å². The molecule has 0 atom stereocenters. The monoisotopic (exact) mass is 344 g/mol. The van der Waals surface area contributed by atoms with Gasteiger partial charge in [0.05, 0.1) is 7.11 Å². The van der Waals surface area contributed by atoms with Gasteiger partial charge in [-0.05, 0) is 37.1 Å². The summed E-state index contributed by atoms with van der Waals surface area (Å²) in [6.07, 6.45) is 1.07. The maximum Gasteiger partial charge on any atom is 0.325 e. The highest BCUT2D eigenvalue weighted by Gasteiger charge is 2.49. The Hall–Kier alpha value is -2.90. The number of methoxy groups -OCH3 is 1. The standard InChI is InChI=1S/C17H20N4O4/c1-4-17(5-2)15(22)21(16(23)18-17)10-13-19-20-14(25-13)11-6-8-12(24-3)9-7-11/h6-9H,4-5,10H2,1-3H3,(H,18,23). The Morgan fingerprint density at radius 3 is 2.40 bits per heavy atom. The normalized spacial score (nSPS) is 16.2. The zero-order valence-electron chi connectivity index (χ0n) is 14.4. The first-order chi connectivity index (χ1) is 12.0. The Bertz CT molecular complexity index is 780. The number of nitrogens with zero attached hydrogens (tertiary/aromatic N) is 3. The Labute approximate surface area is 145 Å². The molecule has 0 bridgehead atoms. The van der Waals surface area contributed by atoms with Crippen LogP contribution in [0.3, 0.4) is 0 Å². The van der Waals surface area contributed by atoms with E-state index in [9.17, 15) is 9.59 Å². The molecule has 0 spiro atoms. The number of ether oxygens (including phenoxy) is 1. The molecule has 132 valence electrons. The van der Waals surface area contributed by atoms with Crippen molar-refractivity contribution in [3.8, 4) is 17.2 Å². The number of carbonyl (C=O) groups excluding carboxylic acids is 2. The number of imide groups is 1. The number of rotatable bonds is 6. The minimum absolute atomic E-state index is 0.0461. The second-order valence-corrected chi connectivity index (χ2v) is 5.84. The van der Waals surface area contributed by atoms with Gasteiger partial charge in [-0.1, -0.05) is 13.8 Å². The minimum atomic E-state index is -0.837. The molecule has 1 aliphatic rings. The van der Waals surface area contributed by atoms with Gasteiger partial charge in [0.25, 0.3) is 5.91 Å². The summed E-state index contributed by atoms with van der Waals surface area (Å²) in [6, 6.07) is 6.73. The molecule has 8 nitrogen and oxygen atoms in total. The lowest BCUT2D eigenvalue weighted by molar-refractivity contribution is -0.132. The van der Waals surface area contributed by atoms with Crippen LogP contribution in [-0.4, -0.2) is 39.7 Å². The predicted octanol–water partition coefficient (Wildman–Crippen LogP) is 2.36. The third-order valence-corrected chi connectivity index (χ3v) is 4.55. The molecule has 0 unspecified atom stereocenters. The smallest absolute Gasteiger partial charge is 0.325 e. The second kappa shape index (κ2) is 6.54. The fourth-order valence-electron chi connectivity index (χ4n) is 2.85. The Morgan fingerprint density at radius 2 is 1.84 bits per heavy atom. The molecule has 0 aliphatic carbocycles. The van der Waals surface area contributed by atoms with E-state index in [-0.39, 0.29) is 18.3 Å². The van der Waals surface area contributed by atoms with Crippen LogP contribution in [0.1, 0.15) is 32.6 Å². The zero-order valence-corrected chi connectivity index (χ0v) is 14.4. The van der Waals surface area contributed by atoms with Gasteiger partial charge in [0.15, 0.2) is 0 Å². The molecule has 3 amide bonds. The number of hydrogen-bond donors (Lipinski definition) is 1. The van der Waals surface area contributed by atoms with E-state index >= 15 is 0 Å². The Morgan fingerprint density at radius 1 is 1.16 bits per heavy atom. The van der Waals surface area contributed by atoms with E-state index in [1.807, 2.05) is 13.8 Å². The molecular weight excluding hydrogens is 324 g/mol. The van der Waals surface area contributed by atoms with Crippen molar-refractivity contribution in [2.45, 2.75) is 38.8 Å². The van der Waals surface area contributed by atoms with Crippen molar-refractivity contribution in [1.29, 1.82) is 0 Å². The van der Waals surface area contributed by atoms with E-state index in [1.54, 1.807) is 31.4 Å². The fourth-order valence-corrected chi connectivity index (χ4v) is 2.85. The van der Waals surface area contributed by atoms with Gasteiger partial charge >= 0.3 is 6.03 Å². The summed E-state index contributed by atoms with van der Waals surface area (Å²) in [4.78, 5) is 25.9. The van der Waals surface area contributed by atoms with Crippen molar-refractivity contribution in [2.75, 3.05) is 7.11 Å². The van der Waals surface area contributed by atoms with Gasteiger partial charge in [-0.3, -0.25) is 9.69 Å². The topological polar surface area (TPSA) is 97.6 Å². The number of amides is 3. The summed E-state index contributed by atoms with van der Waals surface area (Å²) in [5, 5.41) is 10.7. The van der Waals surface area contributed by atoms with E-state index in [0.717, 1.165) is 16.2 Å². The summed E-state index contributed by atoms with van der Waals surface area (Å²) in [6.45, 7) is 3.70. The summed E-state index contributed by atoms with van der Waals surface area (Å²) < 4.78 is 10.7. The summed E-state index contributed by atoms with van der Waals surface area (Å²) >= 11 is 0. The van der Waals surface area contributed by atoms with Crippen LogP contribution in [0.2, 0.25) is 0 Å². The Balaban J connectivity index is 1.77. The van der Waals surface area contributed by atoms with Gasteiger partial charge in [0.1, 0.15) is 17.8 Å². The van der Waals surface area contributed by atoms with Crippen molar-refractivity contribution in [2.24, 2.45) is 0 Å². The van der Waals surface area contributed by atoms with Gasteiger partial charge < -0.3 is 14.5 Å². The molecule has 2 heterocycles. The highest BCUT2D eigenvalue weighted by Crippen LogP contribution is 2.27. The summed E-state index contributed by atoms with van der Waals surface area (Å²) in [7, 11) is 1.59. The molecule has 1 N–H and O–H groups in total. The molecular formula is C17H20N4O4. The molecule has 8 heteroatoms. The van der Waals surface area contributed by atoms with E-state index in [2.05, 4.69) is 15.5 Å². The molecule has 1 fully saturated rings. The van der Waals surface area contributed by atoms with Crippen molar-refractivity contribution in [3.63, 3.8) is 0 Å². The first-order valence-corrected chi connectivity index (χ1v) is 8.14. The first kappa shape index (κ1) is 16.9.